The molecule has 0 bridgehead atoms. The fraction of sp³-hybridized carbons (Fsp3) is 0.391. The second-order valence-corrected chi connectivity index (χ2v) is 8.54. The maximum absolute atomic E-state index is 12.4. The quantitative estimate of drug-likeness (QED) is 0.649. The Bertz CT molecular complexity index is 1010. The normalized spacial score (nSPS) is 15.0. The van der Waals surface area contributed by atoms with E-state index in [0.29, 0.717) is 13.1 Å². The number of rotatable bonds is 2. The highest BCUT2D eigenvalue weighted by atomic mass is 16.6. The third kappa shape index (κ3) is 4.06. The van der Waals surface area contributed by atoms with Crippen molar-refractivity contribution >= 4 is 22.8 Å². The number of carbonyl (C=O) groups is 1. The van der Waals surface area contributed by atoms with Crippen LogP contribution in [0.2, 0.25) is 0 Å². The van der Waals surface area contributed by atoms with Crippen molar-refractivity contribution in [1.82, 2.24) is 14.7 Å². The number of nitrogens with zero attached hydrogens (tertiary/aromatic N) is 4. The third-order valence-electron chi connectivity index (χ3n) is 5.08. The average Bonchev–Trinajstić information content (AvgIpc) is 3.07. The smallest absolute Gasteiger partial charge is 0.410 e. The van der Waals surface area contributed by atoms with Gasteiger partial charge in [-0.15, -0.1) is 5.10 Å². The van der Waals surface area contributed by atoms with Gasteiger partial charge in [-0.25, -0.2) is 9.48 Å². The van der Waals surface area contributed by atoms with Gasteiger partial charge in [-0.3, -0.25) is 0 Å². The number of benzene rings is 2. The van der Waals surface area contributed by atoms with Crippen LogP contribution in [0.25, 0.3) is 16.6 Å². The Balaban J connectivity index is 1.58. The van der Waals surface area contributed by atoms with Crippen LogP contribution in [0.15, 0.2) is 48.5 Å². The van der Waals surface area contributed by atoms with Crippen molar-refractivity contribution in [3.63, 3.8) is 0 Å². The van der Waals surface area contributed by atoms with E-state index in [4.69, 9.17) is 9.84 Å². The largest absolute Gasteiger partial charge is 0.444 e. The molecule has 152 valence electrons. The molecule has 1 aromatic heterocycles. The molecule has 0 aliphatic carbocycles. The Kier molecular flexibility index (Phi) is 4.94. The fourth-order valence-corrected chi connectivity index (χ4v) is 3.59. The van der Waals surface area contributed by atoms with Crippen molar-refractivity contribution < 1.29 is 9.53 Å². The minimum atomic E-state index is -0.475. The summed E-state index contributed by atoms with van der Waals surface area (Å²) >= 11 is 0. The van der Waals surface area contributed by atoms with Crippen LogP contribution in [0.5, 0.6) is 0 Å². The number of hydrogen-bond donors (Lipinski definition) is 0. The zero-order valence-electron chi connectivity index (χ0n) is 17.6. The molecule has 1 fully saturated rings. The minimum Gasteiger partial charge on any atom is -0.444 e. The molecule has 3 aromatic rings. The molecule has 4 rings (SSSR count). The minimum absolute atomic E-state index is 0.243. The number of anilines is 1. The van der Waals surface area contributed by atoms with E-state index in [1.807, 2.05) is 37.6 Å². The summed E-state index contributed by atoms with van der Waals surface area (Å²) in [6.45, 7) is 10.5. The molecule has 0 saturated carbocycles. The van der Waals surface area contributed by atoms with Gasteiger partial charge in [0.05, 0.1) is 11.2 Å². The first-order chi connectivity index (χ1) is 13.8. The number of amides is 1. The van der Waals surface area contributed by atoms with Crippen molar-refractivity contribution in [2.75, 3.05) is 31.1 Å². The van der Waals surface area contributed by atoms with Gasteiger partial charge < -0.3 is 14.5 Å². The number of fused-ring (bicyclic) bond motifs is 1. The van der Waals surface area contributed by atoms with E-state index in [-0.39, 0.29) is 6.09 Å². The summed E-state index contributed by atoms with van der Waals surface area (Å²) in [7, 11) is 0. The molecule has 6 heteroatoms. The van der Waals surface area contributed by atoms with E-state index in [0.717, 1.165) is 35.5 Å². The van der Waals surface area contributed by atoms with E-state index < -0.39 is 5.60 Å². The topological polar surface area (TPSA) is 50.6 Å². The lowest BCUT2D eigenvalue weighted by molar-refractivity contribution is 0.0240. The van der Waals surface area contributed by atoms with Crippen LogP contribution in [0.3, 0.4) is 0 Å². The summed E-state index contributed by atoms with van der Waals surface area (Å²) in [5, 5.41) is 6.07. The molecule has 0 radical (unpaired) electrons. The van der Waals surface area contributed by atoms with E-state index in [1.165, 1.54) is 5.56 Å². The lowest BCUT2D eigenvalue weighted by atomic mass is 10.2. The van der Waals surface area contributed by atoms with Crippen LogP contribution >= 0.6 is 0 Å². The Morgan fingerprint density at radius 2 is 1.62 bits per heavy atom. The van der Waals surface area contributed by atoms with E-state index in [2.05, 4.69) is 48.2 Å². The highest BCUT2D eigenvalue weighted by molar-refractivity contribution is 5.92. The molecule has 0 N–H and O–H groups in total. The van der Waals surface area contributed by atoms with Gasteiger partial charge in [0.2, 0.25) is 0 Å². The van der Waals surface area contributed by atoms with Crippen LogP contribution in [-0.4, -0.2) is 52.6 Å². The number of aryl methyl sites for hydroxylation is 1. The number of carbonyl (C=O) groups excluding carboxylic acids is 1. The maximum atomic E-state index is 12.4. The van der Waals surface area contributed by atoms with Crippen LogP contribution in [0, 0.1) is 6.92 Å². The van der Waals surface area contributed by atoms with Gasteiger partial charge in [0.15, 0.2) is 5.82 Å². The molecule has 0 spiro atoms. The summed E-state index contributed by atoms with van der Waals surface area (Å²) in [5.74, 6) is 0.963. The number of para-hydroxylation sites is 1. The Morgan fingerprint density at radius 1 is 0.966 bits per heavy atom. The highest BCUT2D eigenvalue weighted by Gasteiger charge is 2.27. The number of ether oxygens (including phenoxy) is 1. The van der Waals surface area contributed by atoms with Crippen molar-refractivity contribution in [3.8, 4) is 5.69 Å². The molecule has 1 saturated heterocycles. The van der Waals surface area contributed by atoms with Crippen LogP contribution in [0.1, 0.15) is 26.3 Å². The Morgan fingerprint density at radius 3 is 2.28 bits per heavy atom. The van der Waals surface area contributed by atoms with Gasteiger partial charge in [-0.2, -0.15) is 0 Å². The van der Waals surface area contributed by atoms with Gasteiger partial charge in [0.25, 0.3) is 0 Å². The van der Waals surface area contributed by atoms with E-state index in [1.54, 1.807) is 4.90 Å². The van der Waals surface area contributed by atoms with E-state index >= 15 is 0 Å². The first-order valence-electron chi connectivity index (χ1n) is 10.1. The zero-order chi connectivity index (χ0) is 20.6. The lowest BCUT2D eigenvalue weighted by Gasteiger charge is -2.35. The molecule has 1 aliphatic heterocycles. The second kappa shape index (κ2) is 7.43. The predicted octanol–water partition coefficient (Wildman–Crippen LogP) is 4.39. The molecular formula is C23H28N4O2. The maximum Gasteiger partial charge on any atom is 0.410 e. The van der Waals surface area contributed by atoms with Gasteiger partial charge in [-0.1, -0.05) is 29.8 Å². The second-order valence-electron chi connectivity index (χ2n) is 8.54. The summed E-state index contributed by atoms with van der Waals surface area (Å²) in [6.07, 6.45) is -0.243. The van der Waals surface area contributed by atoms with Crippen molar-refractivity contribution in [2.45, 2.75) is 33.3 Å². The molecule has 0 atom stereocenters. The third-order valence-corrected chi connectivity index (χ3v) is 5.08. The van der Waals surface area contributed by atoms with Crippen molar-refractivity contribution in [3.05, 3.63) is 54.1 Å². The van der Waals surface area contributed by atoms with Gasteiger partial charge >= 0.3 is 6.09 Å². The molecule has 2 heterocycles. The highest BCUT2D eigenvalue weighted by Crippen LogP contribution is 2.29. The molecule has 1 aliphatic rings. The number of piperazine rings is 1. The van der Waals surface area contributed by atoms with E-state index in [9.17, 15) is 4.79 Å². The monoisotopic (exact) mass is 392 g/mol. The molecule has 0 unspecified atom stereocenters. The Labute approximate surface area is 171 Å². The number of hydrogen-bond acceptors (Lipinski definition) is 4. The average molecular weight is 393 g/mol. The zero-order valence-corrected chi connectivity index (χ0v) is 17.6. The van der Waals surface area contributed by atoms with Crippen LogP contribution < -0.4 is 4.90 Å². The molecular weight excluding hydrogens is 364 g/mol. The molecule has 6 nitrogen and oxygen atoms in total. The molecule has 2 aromatic carbocycles. The SMILES string of the molecule is Cc1ccc(-n2nc(N3CCN(C(=O)OC(C)(C)C)CC3)c3ccccc32)cc1. The summed E-state index contributed by atoms with van der Waals surface area (Å²) in [6, 6.07) is 16.7. The standard InChI is InChI=1S/C23H28N4O2/c1-17-9-11-18(12-10-17)27-20-8-6-5-7-19(20)21(24-27)25-13-15-26(16-14-25)22(28)29-23(2,3)4/h5-12H,13-16H2,1-4H3. The van der Waals surface area contributed by atoms with Gasteiger partial charge in [0, 0.05) is 31.6 Å². The first-order valence-corrected chi connectivity index (χ1v) is 10.1. The van der Waals surface area contributed by atoms with Crippen LogP contribution in [0.4, 0.5) is 10.6 Å². The lowest BCUT2D eigenvalue weighted by Crippen LogP contribution is -2.50. The number of aromatic nitrogens is 2. The van der Waals surface area contributed by atoms with Crippen molar-refractivity contribution in [1.29, 1.82) is 0 Å². The van der Waals surface area contributed by atoms with Gasteiger partial charge in [-0.05, 0) is 52.0 Å². The van der Waals surface area contributed by atoms with Crippen molar-refractivity contribution in [2.24, 2.45) is 0 Å². The van der Waals surface area contributed by atoms with Gasteiger partial charge in [0.1, 0.15) is 5.60 Å². The summed E-state index contributed by atoms with van der Waals surface area (Å²) in [5.41, 5.74) is 2.88. The van der Waals surface area contributed by atoms with Crippen LogP contribution in [-0.2, 0) is 4.74 Å². The predicted molar refractivity (Wildman–Crippen MR) is 116 cm³/mol. The fourth-order valence-electron chi connectivity index (χ4n) is 3.59. The molecule has 29 heavy (non-hydrogen) atoms. The summed E-state index contributed by atoms with van der Waals surface area (Å²) in [4.78, 5) is 16.4. The summed E-state index contributed by atoms with van der Waals surface area (Å²) < 4.78 is 7.51. The first kappa shape index (κ1) is 19.3. The molecule has 1 amide bonds. The Hall–Kier alpha value is -3.02.